The van der Waals surface area contributed by atoms with Crippen LogP contribution >= 0.6 is 35.6 Å². The third-order valence-corrected chi connectivity index (χ3v) is 3.22. The molecule has 7 heteroatoms. The third-order valence-electron chi connectivity index (χ3n) is 2.78. The molecule has 0 saturated carbocycles. The largest absolute Gasteiger partial charge is 0.276 e. The van der Waals surface area contributed by atoms with E-state index in [4.69, 9.17) is 29.0 Å². The molecule has 4 nitrogen and oxygen atoms in total. The van der Waals surface area contributed by atoms with Crippen molar-refractivity contribution in [3.63, 3.8) is 0 Å². The summed E-state index contributed by atoms with van der Waals surface area (Å²) in [5, 5.41) is -0.843. The van der Waals surface area contributed by atoms with Gasteiger partial charge in [-0.05, 0) is 55.6 Å². The van der Waals surface area contributed by atoms with Crippen molar-refractivity contribution in [2.75, 3.05) is 0 Å². The predicted octanol–water partition coefficient (Wildman–Crippen LogP) is 5.44. The molecule has 0 aliphatic carbocycles. The number of rotatable bonds is 3. The first-order valence-corrected chi connectivity index (χ1v) is 8.51. The maximum Gasteiger partial charge on any atom is 0.252 e. The molecule has 0 unspecified atom stereocenters. The highest BCUT2D eigenvalue weighted by Gasteiger charge is 2.02. The summed E-state index contributed by atoms with van der Waals surface area (Å²) in [4.78, 5) is 21.1. The molecule has 27 heavy (non-hydrogen) atoms. The minimum Gasteiger partial charge on any atom is -0.276 e. The molecule has 0 aromatic heterocycles. The number of benzene rings is 2. The molecular weight excluding hydrogens is 407 g/mol. The average Bonchev–Trinajstić information content (AvgIpc) is 2.63. The predicted molar refractivity (Wildman–Crippen MR) is 118 cm³/mol. The maximum atomic E-state index is 10.6. The number of carbonyl (C=O) groups excluding carboxylic acids is 2. The lowest BCUT2D eigenvalue weighted by Gasteiger charge is -2.14. The van der Waals surface area contributed by atoms with Gasteiger partial charge in [0.25, 0.3) is 10.5 Å². The van der Waals surface area contributed by atoms with E-state index in [1.807, 2.05) is 32.9 Å². The molecule has 0 spiro atoms. The summed E-state index contributed by atoms with van der Waals surface area (Å²) in [6.45, 7) is 9.60. The number of hydrazine groups is 1. The Kier molecular flexibility index (Phi) is 14.7. The van der Waals surface area contributed by atoms with Crippen molar-refractivity contribution in [3.05, 3.63) is 77.9 Å². The van der Waals surface area contributed by atoms with Gasteiger partial charge in [0.05, 0.1) is 0 Å². The van der Waals surface area contributed by atoms with Crippen molar-refractivity contribution in [2.24, 2.45) is 5.84 Å². The second-order valence-corrected chi connectivity index (χ2v) is 6.82. The molecule has 0 aliphatic rings. The molecule has 2 rings (SSSR count). The fraction of sp³-hybridized carbons (Fsp3) is 0.200. The van der Waals surface area contributed by atoms with Crippen LogP contribution in [0.2, 0.25) is 0 Å². The average molecular weight is 432 g/mol. The molecule has 0 aliphatic heterocycles. The zero-order valence-electron chi connectivity index (χ0n) is 15.5. The van der Waals surface area contributed by atoms with Crippen molar-refractivity contribution < 1.29 is 9.59 Å². The van der Waals surface area contributed by atoms with E-state index in [0.717, 1.165) is 5.56 Å². The second kappa shape index (κ2) is 14.4. The quantitative estimate of drug-likeness (QED) is 0.385. The van der Waals surface area contributed by atoms with E-state index < -0.39 is 10.5 Å². The van der Waals surface area contributed by atoms with Crippen LogP contribution in [0, 0.1) is 0 Å². The second-order valence-electron chi connectivity index (χ2n) is 6.14. The Hall–Kier alpha value is -1.69. The van der Waals surface area contributed by atoms with Gasteiger partial charge in [0.1, 0.15) is 0 Å². The summed E-state index contributed by atoms with van der Waals surface area (Å²) in [6, 6.07) is 15.7. The molecule has 148 valence electrons. The van der Waals surface area contributed by atoms with Crippen molar-refractivity contribution in [2.45, 2.75) is 26.3 Å². The Morgan fingerprint density at radius 3 is 1.74 bits per heavy atom. The maximum absolute atomic E-state index is 10.6. The van der Waals surface area contributed by atoms with Crippen LogP contribution in [0.5, 0.6) is 0 Å². The zero-order valence-corrected chi connectivity index (χ0v) is 17.9. The van der Waals surface area contributed by atoms with Gasteiger partial charge in [0.15, 0.2) is 0 Å². The summed E-state index contributed by atoms with van der Waals surface area (Å²) in [7, 11) is 0. The molecule has 0 radical (unpaired) electrons. The SMILES string of the molecule is C=Cc1cccc(C(=O)Cl)c1.CC(C)(C)NN.Cl.O=C(Cl)c1ccccc1. The van der Waals surface area contributed by atoms with Crippen molar-refractivity contribution >= 4 is 52.2 Å². The normalized spacial score (nSPS) is 9.41. The van der Waals surface area contributed by atoms with E-state index in [9.17, 15) is 9.59 Å². The summed E-state index contributed by atoms with van der Waals surface area (Å²) < 4.78 is 0. The zero-order chi connectivity index (χ0) is 20.2. The van der Waals surface area contributed by atoms with Crippen molar-refractivity contribution in [1.82, 2.24) is 5.43 Å². The van der Waals surface area contributed by atoms with Crippen molar-refractivity contribution in [3.8, 4) is 0 Å². The van der Waals surface area contributed by atoms with Gasteiger partial charge in [-0.15, -0.1) is 12.4 Å². The number of hydrogen-bond acceptors (Lipinski definition) is 4. The molecule has 3 N–H and O–H groups in total. The highest BCUT2D eigenvalue weighted by molar-refractivity contribution is 6.68. The van der Waals surface area contributed by atoms with Crippen LogP contribution in [0.4, 0.5) is 0 Å². The molecular formula is C20H25Cl3N2O2. The van der Waals surface area contributed by atoms with Gasteiger partial charge in [0, 0.05) is 16.7 Å². The van der Waals surface area contributed by atoms with Gasteiger partial charge in [-0.25, -0.2) is 0 Å². The number of carbonyl (C=O) groups is 2. The smallest absolute Gasteiger partial charge is 0.252 e. The van der Waals surface area contributed by atoms with E-state index in [-0.39, 0.29) is 17.9 Å². The lowest BCUT2D eigenvalue weighted by atomic mass is 10.1. The molecule has 2 aromatic rings. The topological polar surface area (TPSA) is 72.2 Å². The first kappa shape index (κ1) is 27.5. The van der Waals surface area contributed by atoms with Gasteiger partial charge >= 0.3 is 0 Å². The lowest BCUT2D eigenvalue weighted by Crippen LogP contribution is -2.41. The van der Waals surface area contributed by atoms with Crippen LogP contribution in [0.1, 0.15) is 47.1 Å². The number of nitrogens with two attached hydrogens (primary N) is 1. The molecule has 0 bridgehead atoms. The first-order valence-electron chi connectivity index (χ1n) is 7.75. The van der Waals surface area contributed by atoms with E-state index in [1.165, 1.54) is 0 Å². The van der Waals surface area contributed by atoms with E-state index >= 15 is 0 Å². The van der Waals surface area contributed by atoms with Crippen LogP contribution in [-0.4, -0.2) is 16.0 Å². The Morgan fingerprint density at radius 2 is 1.41 bits per heavy atom. The van der Waals surface area contributed by atoms with Gasteiger partial charge in [-0.3, -0.25) is 20.9 Å². The van der Waals surface area contributed by atoms with Gasteiger partial charge in [-0.1, -0.05) is 61.2 Å². The summed E-state index contributed by atoms with van der Waals surface area (Å²) >= 11 is 10.4. The monoisotopic (exact) mass is 430 g/mol. The Balaban J connectivity index is 0. The first-order chi connectivity index (χ1) is 12.1. The van der Waals surface area contributed by atoms with Gasteiger partial charge in [-0.2, -0.15) is 0 Å². The third kappa shape index (κ3) is 14.1. The van der Waals surface area contributed by atoms with Crippen LogP contribution in [0.3, 0.4) is 0 Å². The van der Waals surface area contributed by atoms with Gasteiger partial charge in [0.2, 0.25) is 0 Å². The molecule has 0 fully saturated rings. The van der Waals surface area contributed by atoms with Gasteiger partial charge < -0.3 is 0 Å². The van der Waals surface area contributed by atoms with E-state index in [0.29, 0.717) is 11.1 Å². The van der Waals surface area contributed by atoms with Crippen LogP contribution in [0.25, 0.3) is 6.08 Å². The Morgan fingerprint density at radius 1 is 0.963 bits per heavy atom. The molecule has 2 aromatic carbocycles. The minimum absolute atomic E-state index is 0. The van der Waals surface area contributed by atoms with Crippen LogP contribution < -0.4 is 11.3 Å². The van der Waals surface area contributed by atoms with Crippen LogP contribution in [-0.2, 0) is 0 Å². The van der Waals surface area contributed by atoms with Crippen molar-refractivity contribution in [1.29, 1.82) is 0 Å². The highest BCUT2D eigenvalue weighted by atomic mass is 35.5. The molecule has 0 heterocycles. The lowest BCUT2D eigenvalue weighted by molar-refractivity contribution is 0.107. The molecule has 0 atom stereocenters. The summed E-state index contributed by atoms with van der Waals surface area (Å²) in [6.07, 6.45) is 1.67. The highest BCUT2D eigenvalue weighted by Crippen LogP contribution is 2.08. The van der Waals surface area contributed by atoms with Crippen LogP contribution in [0.15, 0.2) is 61.2 Å². The fourth-order valence-electron chi connectivity index (χ4n) is 1.36. The Bertz CT molecular complexity index is 715. The summed E-state index contributed by atoms with van der Waals surface area (Å²) in [5.41, 5.74) is 4.62. The van der Waals surface area contributed by atoms with E-state index in [2.05, 4.69) is 12.0 Å². The molecule has 0 amide bonds. The number of halogens is 3. The Labute approximate surface area is 177 Å². The number of hydrogen-bond donors (Lipinski definition) is 2. The molecule has 0 saturated heterocycles. The standard InChI is InChI=1S/C9H7ClO.C7H5ClO.C4H12N2.ClH/c1-2-7-4-3-5-8(6-7)9(10)11;8-7(9)6-4-2-1-3-5-6;1-4(2,3)6-5;/h2-6H,1H2;1-5H;6H,5H2,1-3H3;1H. The fourth-order valence-corrected chi connectivity index (χ4v) is 1.60. The number of nitrogens with one attached hydrogen (secondary N) is 1. The minimum atomic E-state index is -0.436. The van der Waals surface area contributed by atoms with E-state index in [1.54, 1.807) is 48.5 Å². The summed E-state index contributed by atoms with van der Waals surface area (Å²) in [5.74, 6) is 5.06.